The summed E-state index contributed by atoms with van der Waals surface area (Å²) < 4.78 is 10.1. The van der Waals surface area contributed by atoms with Crippen molar-refractivity contribution in [3.05, 3.63) is 29.8 Å². The first kappa shape index (κ1) is 15.0. The van der Waals surface area contributed by atoms with Crippen molar-refractivity contribution in [2.75, 3.05) is 33.9 Å². The molecule has 0 saturated carbocycles. The molecule has 0 heterocycles. The second kappa shape index (κ2) is 9.92. The summed E-state index contributed by atoms with van der Waals surface area (Å²) in [6.45, 7) is 2.84. The van der Waals surface area contributed by atoms with Crippen molar-refractivity contribution in [3.63, 3.8) is 0 Å². The fraction of sp³-hybridized carbons (Fsp3) is 0.600. The highest BCUT2D eigenvalue weighted by Crippen LogP contribution is 2.13. The molecule has 0 aliphatic rings. The summed E-state index contributed by atoms with van der Waals surface area (Å²) in [5, 5.41) is 3.36. The Morgan fingerprint density at radius 1 is 0.944 bits per heavy atom. The normalized spacial score (nSPS) is 10.6. The predicted molar refractivity (Wildman–Crippen MR) is 75.3 cm³/mol. The van der Waals surface area contributed by atoms with Crippen LogP contribution in [0.4, 0.5) is 0 Å². The van der Waals surface area contributed by atoms with Crippen LogP contribution in [0.1, 0.15) is 24.8 Å². The minimum atomic E-state index is 0.797. The van der Waals surface area contributed by atoms with Gasteiger partial charge in [0.05, 0.1) is 13.7 Å². The van der Waals surface area contributed by atoms with Gasteiger partial charge in [-0.05, 0) is 43.5 Å². The number of ether oxygens (including phenoxy) is 2. The number of nitrogens with one attached hydrogen (secondary N) is 1. The zero-order valence-electron chi connectivity index (χ0n) is 11.6. The van der Waals surface area contributed by atoms with E-state index in [-0.39, 0.29) is 0 Å². The summed E-state index contributed by atoms with van der Waals surface area (Å²) in [6.07, 6.45) is 4.91. The van der Waals surface area contributed by atoms with Crippen molar-refractivity contribution in [2.24, 2.45) is 0 Å². The quantitative estimate of drug-likeness (QED) is 0.648. The van der Waals surface area contributed by atoms with Gasteiger partial charge in [-0.1, -0.05) is 18.6 Å². The average molecular weight is 251 g/mol. The first-order valence-electron chi connectivity index (χ1n) is 6.69. The number of unbranched alkanes of at least 4 members (excludes halogenated alkanes) is 2. The molecule has 1 aromatic rings. The molecule has 0 fully saturated rings. The third-order valence-electron chi connectivity index (χ3n) is 2.96. The van der Waals surface area contributed by atoms with E-state index >= 15 is 0 Å². The van der Waals surface area contributed by atoms with Crippen molar-refractivity contribution < 1.29 is 9.47 Å². The van der Waals surface area contributed by atoms with Crippen LogP contribution in [-0.2, 0) is 11.2 Å². The maximum Gasteiger partial charge on any atom is 0.118 e. The van der Waals surface area contributed by atoms with Crippen molar-refractivity contribution in [2.45, 2.75) is 25.7 Å². The summed E-state index contributed by atoms with van der Waals surface area (Å²) in [5.74, 6) is 0.932. The maximum absolute atomic E-state index is 5.14. The van der Waals surface area contributed by atoms with Crippen LogP contribution >= 0.6 is 0 Å². The highest BCUT2D eigenvalue weighted by Gasteiger charge is 1.95. The van der Waals surface area contributed by atoms with E-state index in [1.807, 2.05) is 12.1 Å². The van der Waals surface area contributed by atoms with Gasteiger partial charge in [0.1, 0.15) is 5.75 Å². The molecule has 0 spiro atoms. The first-order valence-corrected chi connectivity index (χ1v) is 6.69. The SMILES string of the molecule is COCCNCCCCCc1ccc(OC)cc1. The van der Waals surface area contributed by atoms with Gasteiger partial charge in [-0.15, -0.1) is 0 Å². The number of benzene rings is 1. The Morgan fingerprint density at radius 3 is 2.39 bits per heavy atom. The monoisotopic (exact) mass is 251 g/mol. The molecule has 0 saturated heterocycles. The Kier molecular flexibility index (Phi) is 8.26. The van der Waals surface area contributed by atoms with Gasteiger partial charge in [-0.25, -0.2) is 0 Å². The van der Waals surface area contributed by atoms with Gasteiger partial charge in [-0.3, -0.25) is 0 Å². The summed E-state index contributed by atoms with van der Waals surface area (Å²) in [6, 6.07) is 8.36. The number of hydrogen-bond donors (Lipinski definition) is 1. The summed E-state index contributed by atoms with van der Waals surface area (Å²) in [4.78, 5) is 0. The molecule has 102 valence electrons. The highest BCUT2D eigenvalue weighted by atomic mass is 16.5. The van der Waals surface area contributed by atoms with Crippen LogP contribution in [-0.4, -0.2) is 33.9 Å². The summed E-state index contributed by atoms with van der Waals surface area (Å²) in [5.41, 5.74) is 1.39. The lowest BCUT2D eigenvalue weighted by Crippen LogP contribution is -2.20. The zero-order valence-corrected chi connectivity index (χ0v) is 11.6. The Labute approximate surface area is 110 Å². The predicted octanol–water partition coefficient (Wildman–Crippen LogP) is 2.64. The Morgan fingerprint density at radius 2 is 1.72 bits per heavy atom. The molecular formula is C15H25NO2. The van der Waals surface area contributed by atoms with Gasteiger partial charge in [0.25, 0.3) is 0 Å². The Hall–Kier alpha value is -1.06. The Bertz CT molecular complexity index is 298. The smallest absolute Gasteiger partial charge is 0.118 e. The van der Waals surface area contributed by atoms with Crippen molar-refractivity contribution in [3.8, 4) is 5.75 Å². The summed E-state index contributed by atoms with van der Waals surface area (Å²) >= 11 is 0. The van der Waals surface area contributed by atoms with Crippen LogP contribution in [0, 0.1) is 0 Å². The van der Waals surface area contributed by atoms with Crippen LogP contribution in [0.3, 0.4) is 0 Å². The van der Waals surface area contributed by atoms with Gasteiger partial charge < -0.3 is 14.8 Å². The minimum absolute atomic E-state index is 0.797. The van der Waals surface area contributed by atoms with E-state index in [0.717, 1.165) is 31.9 Å². The third-order valence-corrected chi connectivity index (χ3v) is 2.96. The lowest BCUT2D eigenvalue weighted by atomic mass is 10.1. The topological polar surface area (TPSA) is 30.5 Å². The second-order valence-corrected chi connectivity index (χ2v) is 4.40. The fourth-order valence-corrected chi connectivity index (χ4v) is 1.85. The minimum Gasteiger partial charge on any atom is -0.497 e. The van der Waals surface area contributed by atoms with E-state index < -0.39 is 0 Å². The molecule has 0 amide bonds. The fourth-order valence-electron chi connectivity index (χ4n) is 1.85. The molecular weight excluding hydrogens is 226 g/mol. The highest BCUT2D eigenvalue weighted by molar-refractivity contribution is 5.27. The molecule has 0 bridgehead atoms. The third kappa shape index (κ3) is 6.62. The molecule has 3 nitrogen and oxygen atoms in total. The van der Waals surface area contributed by atoms with E-state index in [1.165, 1.54) is 24.8 Å². The molecule has 1 aromatic carbocycles. The lowest BCUT2D eigenvalue weighted by molar-refractivity contribution is 0.199. The average Bonchev–Trinajstić information content (AvgIpc) is 2.42. The largest absolute Gasteiger partial charge is 0.497 e. The molecule has 3 heteroatoms. The van der Waals surface area contributed by atoms with Gasteiger partial charge in [-0.2, -0.15) is 0 Å². The molecule has 0 aliphatic carbocycles. The van der Waals surface area contributed by atoms with Gasteiger partial charge in [0.2, 0.25) is 0 Å². The first-order chi connectivity index (χ1) is 8.86. The van der Waals surface area contributed by atoms with Crippen LogP contribution in [0.5, 0.6) is 5.75 Å². The molecule has 1 N–H and O–H groups in total. The number of rotatable bonds is 10. The number of hydrogen-bond acceptors (Lipinski definition) is 3. The van der Waals surface area contributed by atoms with Gasteiger partial charge in [0, 0.05) is 13.7 Å². The van der Waals surface area contributed by atoms with Gasteiger partial charge >= 0.3 is 0 Å². The Balaban J connectivity index is 2.00. The standard InChI is InChI=1S/C15H25NO2/c1-17-13-12-16-11-5-3-4-6-14-7-9-15(18-2)10-8-14/h7-10,16H,3-6,11-13H2,1-2H3. The number of aryl methyl sites for hydroxylation is 1. The second-order valence-electron chi connectivity index (χ2n) is 4.40. The molecule has 18 heavy (non-hydrogen) atoms. The van der Waals surface area contributed by atoms with Crippen molar-refractivity contribution in [1.29, 1.82) is 0 Å². The van der Waals surface area contributed by atoms with Crippen LogP contribution in [0.15, 0.2) is 24.3 Å². The van der Waals surface area contributed by atoms with E-state index in [0.29, 0.717) is 0 Å². The van der Waals surface area contributed by atoms with Crippen LogP contribution < -0.4 is 10.1 Å². The van der Waals surface area contributed by atoms with E-state index in [4.69, 9.17) is 9.47 Å². The maximum atomic E-state index is 5.14. The molecule has 1 rings (SSSR count). The summed E-state index contributed by atoms with van der Waals surface area (Å²) in [7, 11) is 3.43. The molecule has 0 aliphatic heterocycles. The van der Waals surface area contributed by atoms with E-state index in [9.17, 15) is 0 Å². The molecule has 0 unspecified atom stereocenters. The number of methoxy groups -OCH3 is 2. The zero-order chi connectivity index (χ0) is 13.1. The van der Waals surface area contributed by atoms with E-state index in [2.05, 4.69) is 17.4 Å². The van der Waals surface area contributed by atoms with Crippen LogP contribution in [0.25, 0.3) is 0 Å². The molecule has 0 radical (unpaired) electrons. The van der Waals surface area contributed by atoms with E-state index in [1.54, 1.807) is 14.2 Å². The van der Waals surface area contributed by atoms with Crippen LogP contribution in [0.2, 0.25) is 0 Å². The van der Waals surface area contributed by atoms with Crippen molar-refractivity contribution >= 4 is 0 Å². The molecule has 0 atom stereocenters. The van der Waals surface area contributed by atoms with Gasteiger partial charge in [0.15, 0.2) is 0 Å². The lowest BCUT2D eigenvalue weighted by Gasteiger charge is -2.05. The molecule has 0 aromatic heterocycles. The van der Waals surface area contributed by atoms with Crippen molar-refractivity contribution in [1.82, 2.24) is 5.32 Å².